The van der Waals surface area contributed by atoms with Gasteiger partial charge < -0.3 is 11.1 Å². The van der Waals surface area contributed by atoms with Crippen LogP contribution in [0.2, 0.25) is 0 Å². The van der Waals surface area contributed by atoms with Gasteiger partial charge in [-0.15, -0.1) is 11.8 Å². The Hall–Kier alpha value is -1.00. The molecule has 0 saturated heterocycles. The molecule has 1 aliphatic heterocycles. The van der Waals surface area contributed by atoms with E-state index >= 15 is 0 Å². The predicted molar refractivity (Wildman–Crippen MR) is 87.2 cm³/mol. The molecule has 3 rings (SSSR count). The summed E-state index contributed by atoms with van der Waals surface area (Å²) in [5.41, 5.74) is 7.14. The van der Waals surface area contributed by atoms with E-state index in [1.165, 1.54) is 16.9 Å². The second kappa shape index (κ2) is 6.84. The standard InChI is InChI=1S/C17H24N2OS/c18-11-12-5-1-2-6-13(12)17(20)19-15-9-10-21-16-8-4-3-7-14(15)16/h3-4,7-8,12-13,15H,1-2,5-6,9-11,18H2,(H,19,20). The number of amides is 1. The van der Waals surface area contributed by atoms with Crippen molar-refractivity contribution in [2.24, 2.45) is 17.6 Å². The largest absolute Gasteiger partial charge is 0.349 e. The number of hydrogen-bond acceptors (Lipinski definition) is 3. The Morgan fingerprint density at radius 3 is 2.90 bits per heavy atom. The quantitative estimate of drug-likeness (QED) is 0.902. The third-order valence-corrected chi connectivity index (χ3v) is 5.95. The third-order valence-electron chi connectivity index (χ3n) is 4.82. The third kappa shape index (κ3) is 3.27. The van der Waals surface area contributed by atoms with Crippen LogP contribution in [0.4, 0.5) is 0 Å². The highest BCUT2D eigenvalue weighted by Crippen LogP contribution is 2.37. The Balaban J connectivity index is 1.70. The van der Waals surface area contributed by atoms with Gasteiger partial charge >= 0.3 is 0 Å². The maximum Gasteiger partial charge on any atom is 0.223 e. The molecule has 1 aromatic carbocycles. The number of carbonyl (C=O) groups excluding carboxylic acids is 1. The van der Waals surface area contributed by atoms with E-state index in [-0.39, 0.29) is 17.9 Å². The molecule has 1 amide bonds. The Morgan fingerprint density at radius 2 is 2.05 bits per heavy atom. The van der Waals surface area contributed by atoms with Crippen molar-refractivity contribution in [3.63, 3.8) is 0 Å². The summed E-state index contributed by atoms with van der Waals surface area (Å²) in [6.07, 6.45) is 5.50. The summed E-state index contributed by atoms with van der Waals surface area (Å²) >= 11 is 1.89. The van der Waals surface area contributed by atoms with Crippen molar-refractivity contribution in [1.82, 2.24) is 5.32 Å². The first-order valence-corrected chi connectivity index (χ1v) is 9.00. The second-order valence-corrected chi connectivity index (χ2v) is 7.26. The molecule has 1 fully saturated rings. The number of rotatable bonds is 3. The van der Waals surface area contributed by atoms with E-state index in [1.807, 2.05) is 11.8 Å². The van der Waals surface area contributed by atoms with E-state index in [1.54, 1.807) is 0 Å². The van der Waals surface area contributed by atoms with Crippen molar-refractivity contribution in [3.8, 4) is 0 Å². The predicted octanol–water partition coefficient (Wildman–Crippen LogP) is 3.10. The van der Waals surface area contributed by atoms with E-state index in [4.69, 9.17) is 5.73 Å². The van der Waals surface area contributed by atoms with Gasteiger partial charge in [0.25, 0.3) is 0 Å². The van der Waals surface area contributed by atoms with Crippen molar-refractivity contribution >= 4 is 17.7 Å². The van der Waals surface area contributed by atoms with Crippen LogP contribution in [0, 0.1) is 11.8 Å². The zero-order chi connectivity index (χ0) is 14.7. The molecule has 3 nitrogen and oxygen atoms in total. The lowest BCUT2D eigenvalue weighted by atomic mass is 9.78. The molecule has 1 aromatic rings. The Labute approximate surface area is 131 Å². The van der Waals surface area contributed by atoms with Gasteiger partial charge in [-0.25, -0.2) is 0 Å². The molecule has 3 N–H and O–H groups in total. The fraction of sp³-hybridized carbons (Fsp3) is 0.588. The van der Waals surface area contributed by atoms with Crippen LogP contribution in [0.15, 0.2) is 29.2 Å². The minimum atomic E-state index is 0.116. The van der Waals surface area contributed by atoms with Gasteiger partial charge in [-0.05, 0) is 43.4 Å². The summed E-state index contributed by atoms with van der Waals surface area (Å²) in [7, 11) is 0. The summed E-state index contributed by atoms with van der Waals surface area (Å²) in [5.74, 6) is 1.78. The molecule has 2 aliphatic rings. The summed E-state index contributed by atoms with van der Waals surface area (Å²) in [5, 5.41) is 3.30. The van der Waals surface area contributed by atoms with Crippen LogP contribution in [-0.2, 0) is 4.79 Å². The van der Waals surface area contributed by atoms with Crippen molar-refractivity contribution in [1.29, 1.82) is 0 Å². The van der Waals surface area contributed by atoms with Gasteiger partial charge in [-0.1, -0.05) is 31.0 Å². The van der Waals surface area contributed by atoms with Crippen LogP contribution in [0.5, 0.6) is 0 Å². The fourth-order valence-corrected chi connectivity index (χ4v) is 4.73. The van der Waals surface area contributed by atoms with Gasteiger partial charge in [-0.2, -0.15) is 0 Å². The van der Waals surface area contributed by atoms with Crippen molar-refractivity contribution in [2.75, 3.05) is 12.3 Å². The first-order valence-electron chi connectivity index (χ1n) is 8.01. The highest BCUT2D eigenvalue weighted by atomic mass is 32.2. The van der Waals surface area contributed by atoms with E-state index in [0.29, 0.717) is 12.5 Å². The van der Waals surface area contributed by atoms with Crippen LogP contribution in [-0.4, -0.2) is 18.2 Å². The molecular formula is C17H24N2OS. The number of thioether (sulfide) groups is 1. The molecule has 1 saturated carbocycles. The topological polar surface area (TPSA) is 55.1 Å². The first kappa shape index (κ1) is 14.9. The van der Waals surface area contributed by atoms with Crippen LogP contribution in [0.1, 0.15) is 43.7 Å². The highest BCUT2D eigenvalue weighted by molar-refractivity contribution is 7.99. The van der Waals surface area contributed by atoms with Gasteiger partial charge in [-0.3, -0.25) is 4.79 Å². The molecule has 1 aliphatic carbocycles. The van der Waals surface area contributed by atoms with Crippen LogP contribution < -0.4 is 11.1 Å². The Morgan fingerprint density at radius 1 is 1.24 bits per heavy atom. The van der Waals surface area contributed by atoms with E-state index in [0.717, 1.165) is 31.4 Å². The van der Waals surface area contributed by atoms with Crippen molar-refractivity contribution in [3.05, 3.63) is 29.8 Å². The number of benzene rings is 1. The van der Waals surface area contributed by atoms with Crippen LogP contribution in [0.25, 0.3) is 0 Å². The maximum absolute atomic E-state index is 12.7. The molecule has 0 bridgehead atoms. The number of carbonyl (C=O) groups is 1. The zero-order valence-corrected chi connectivity index (χ0v) is 13.2. The SMILES string of the molecule is NCC1CCCCC1C(=O)NC1CCSc2ccccc21. The molecule has 3 atom stereocenters. The van der Waals surface area contributed by atoms with Gasteiger partial charge in [0.2, 0.25) is 5.91 Å². The summed E-state index contributed by atoms with van der Waals surface area (Å²) in [6.45, 7) is 0.634. The minimum Gasteiger partial charge on any atom is -0.349 e. The number of nitrogens with one attached hydrogen (secondary N) is 1. The number of fused-ring (bicyclic) bond motifs is 1. The molecule has 4 heteroatoms. The number of nitrogens with two attached hydrogens (primary N) is 1. The molecule has 21 heavy (non-hydrogen) atoms. The Bertz CT molecular complexity index is 505. The smallest absolute Gasteiger partial charge is 0.223 e. The van der Waals surface area contributed by atoms with Gasteiger partial charge in [0.05, 0.1) is 6.04 Å². The second-order valence-electron chi connectivity index (χ2n) is 6.12. The molecule has 0 radical (unpaired) electrons. The van der Waals surface area contributed by atoms with Crippen LogP contribution >= 0.6 is 11.8 Å². The summed E-state index contributed by atoms with van der Waals surface area (Å²) < 4.78 is 0. The zero-order valence-electron chi connectivity index (χ0n) is 12.4. The van der Waals surface area contributed by atoms with Crippen molar-refractivity contribution in [2.45, 2.75) is 43.0 Å². The number of hydrogen-bond donors (Lipinski definition) is 2. The maximum atomic E-state index is 12.7. The summed E-state index contributed by atoms with van der Waals surface area (Å²) in [6, 6.07) is 8.61. The monoisotopic (exact) mass is 304 g/mol. The highest BCUT2D eigenvalue weighted by Gasteiger charge is 2.32. The molecule has 1 heterocycles. The van der Waals surface area contributed by atoms with E-state index < -0.39 is 0 Å². The lowest BCUT2D eigenvalue weighted by molar-refractivity contribution is -0.128. The molecule has 114 valence electrons. The first-order chi connectivity index (χ1) is 10.3. The fourth-order valence-electron chi connectivity index (χ4n) is 3.61. The molecular weight excluding hydrogens is 280 g/mol. The average molecular weight is 304 g/mol. The molecule has 0 spiro atoms. The molecule has 0 aromatic heterocycles. The van der Waals surface area contributed by atoms with E-state index in [2.05, 4.69) is 29.6 Å². The van der Waals surface area contributed by atoms with Gasteiger partial charge in [0.15, 0.2) is 0 Å². The molecule has 3 unspecified atom stereocenters. The minimum absolute atomic E-state index is 0.116. The van der Waals surface area contributed by atoms with Gasteiger partial charge in [0, 0.05) is 16.6 Å². The van der Waals surface area contributed by atoms with Gasteiger partial charge in [0.1, 0.15) is 0 Å². The average Bonchev–Trinajstić information content (AvgIpc) is 2.55. The lowest BCUT2D eigenvalue weighted by Crippen LogP contribution is -2.41. The summed E-state index contributed by atoms with van der Waals surface area (Å²) in [4.78, 5) is 14.0. The van der Waals surface area contributed by atoms with E-state index in [9.17, 15) is 4.79 Å². The van der Waals surface area contributed by atoms with Crippen LogP contribution in [0.3, 0.4) is 0 Å². The normalized spacial score (nSPS) is 28.7. The van der Waals surface area contributed by atoms with Crippen molar-refractivity contribution < 1.29 is 4.79 Å². The Kier molecular flexibility index (Phi) is 4.86. The lowest BCUT2D eigenvalue weighted by Gasteiger charge is -2.32.